The summed E-state index contributed by atoms with van der Waals surface area (Å²) in [6.45, 7) is 21.3. The van der Waals surface area contributed by atoms with Crippen molar-refractivity contribution >= 4 is 14.1 Å². The van der Waals surface area contributed by atoms with Gasteiger partial charge in [-0.05, 0) is 108 Å². The maximum atomic E-state index is 12.6. The van der Waals surface area contributed by atoms with Crippen molar-refractivity contribution in [1.82, 2.24) is 0 Å². The predicted molar refractivity (Wildman–Crippen MR) is 144 cm³/mol. The van der Waals surface area contributed by atoms with Gasteiger partial charge in [0.05, 0.1) is 5.60 Å². The molecule has 2 aliphatic carbocycles. The Morgan fingerprint density at radius 3 is 2.18 bits per heavy atom. The SMILES string of the molecule is CC(C)(O)CCC[C@@H](CCC(=O)C(C)(C)O)C1CCC2[C@@H](O[Si](C)(C)C(C)(C)C)CCC[C@]12C. The molecule has 0 bridgehead atoms. The highest BCUT2D eigenvalue weighted by molar-refractivity contribution is 6.74. The van der Waals surface area contributed by atoms with Crippen LogP contribution in [0, 0.1) is 23.2 Å². The number of carbonyl (C=O) groups excluding carboxylic acids is 1. The average molecular weight is 497 g/mol. The van der Waals surface area contributed by atoms with Crippen molar-refractivity contribution in [3.63, 3.8) is 0 Å². The Kier molecular flexibility index (Phi) is 9.38. The number of fused-ring (bicyclic) bond motifs is 1. The predicted octanol–water partition coefficient (Wildman–Crippen LogP) is 7.27. The highest BCUT2D eigenvalue weighted by Gasteiger charge is 2.55. The third-order valence-corrected chi connectivity index (χ3v) is 14.2. The molecular weight excluding hydrogens is 440 g/mol. The molecular formula is C29H56O4Si. The van der Waals surface area contributed by atoms with Crippen molar-refractivity contribution in [1.29, 1.82) is 0 Å². The summed E-state index contributed by atoms with van der Waals surface area (Å²) < 4.78 is 7.04. The molecule has 34 heavy (non-hydrogen) atoms. The minimum Gasteiger partial charge on any atom is -0.414 e. The van der Waals surface area contributed by atoms with E-state index in [1.54, 1.807) is 13.8 Å². The first kappa shape index (κ1) is 30.0. The van der Waals surface area contributed by atoms with E-state index < -0.39 is 19.5 Å². The maximum absolute atomic E-state index is 12.6. The van der Waals surface area contributed by atoms with Gasteiger partial charge in [0, 0.05) is 12.5 Å². The Bertz CT molecular complexity index is 682. The van der Waals surface area contributed by atoms with Gasteiger partial charge in [-0.2, -0.15) is 0 Å². The summed E-state index contributed by atoms with van der Waals surface area (Å²) in [5.74, 6) is 1.58. The molecule has 0 saturated heterocycles. The van der Waals surface area contributed by atoms with Crippen LogP contribution >= 0.6 is 0 Å². The number of aliphatic hydroxyl groups is 2. The topological polar surface area (TPSA) is 66.8 Å². The molecule has 2 saturated carbocycles. The molecule has 5 heteroatoms. The quantitative estimate of drug-likeness (QED) is 0.295. The molecule has 0 aromatic carbocycles. The second-order valence-electron chi connectivity index (χ2n) is 14.6. The first-order chi connectivity index (χ1) is 15.3. The monoisotopic (exact) mass is 496 g/mol. The summed E-state index contributed by atoms with van der Waals surface area (Å²) in [6.07, 6.45) is 10.5. The van der Waals surface area contributed by atoms with Gasteiger partial charge >= 0.3 is 0 Å². The lowest BCUT2D eigenvalue weighted by Crippen LogP contribution is -2.50. The molecule has 0 spiro atoms. The van der Waals surface area contributed by atoms with E-state index in [4.69, 9.17) is 4.43 Å². The molecule has 0 heterocycles. The van der Waals surface area contributed by atoms with Crippen LogP contribution in [0.5, 0.6) is 0 Å². The van der Waals surface area contributed by atoms with E-state index in [0.717, 1.165) is 25.7 Å². The molecule has 2 unspecified atom stereocenters. The third kappa shape index (κ3) is 7.40. The summed E-state index contributed by atoms with van der Waals surface area (Å²) >= 11 is 0. The summed E-state index contributed by atoms with van der Waals surface area (Å²) in [4.78, 5) is 12.6. The molecule has 2 rings (SSSR count). The zero-order valence-electron chi connectivity index (χ0n) is 24.1. The van der Waals surface area contributed by atoms with Crippen LogP contribution in [0.1, 0.15) is 120 Å². The van der Waals surface area contributed by atoms with Gasteiger partial charge in [0.1, 0.15) is 5.60 Å². The Hall–Kier alpha value is -0.233. The van der Waals surface area contributed by atoms with Gasteiger partial charge in [-0.3, -0.25) is 4.79 Å². The zero-order valence-corrected chi connectivity index (χ0v) is 25.1. The van der Waals surface area contributed by atoms with E-state index in [1.807, 2.05) is 13.8 Å². The Morgan fingerprint density at radius 1 is 1.03 bits per heavy atom. The van der Waals surface area contributed by atoms with Crippen LogP contribution in [-0.2, 0) is 9.22 Å². The maximum Gasteiger partial charge on any atom is 0.192 e. The lowest BCUT2D eigenvalue weighted by Gasteiger charge is -2.50. The molecule has 2 fully saturated rings. The van der Waals surface area contributed by atoms with Crippen LogP contribution in [0.15, 0.2) is 0 Å². The fourth-order valence-electron chi connectivity index (χ4n) is 6.60. The number of rotatable bonds is 11. The van der Waals surface area contributed by atoms with Gasteiger partial charge in [0.25, 0.3) is 0 Å². The lowest BCUT2D eigenvalue weighted by atomic mass is 9.60. The second kappa shape index (κ2) is 10.6. The van der Waals surface area contributed by atoms with Gasteiger partial charge in [-0.15, -0.1) is 0 Å². The molecule has 0 aromatic rings. The molecule has 2 aliphatic rings. The normalized spacial score (nSPS) is 29.7. The number of ketones is 1. The van der Waals surface area contributed by atoms with Crippen LogP contribution in [-0.4, -0.2) is 41.6 Å². The zero-order chi connectivity index (χ0) is 26.2. The molecule has 0 radical (unpaired) electrons. The Morgan fingerprint density at radius 2 is 1.65 bits per heavy atom. The highest BCUT2D eigenvalue weighted by atomic mass is 28.4. The molecule has 4 nitrogen and oxygen atoms in total. The van der Waals surface area contributed by atoms with Gasteiger partial charge in [0.2, 0.25) is 0 Å². The van der Waals surface area contributed by atoms with Crippen molar-refractivity contribution in [3.05, 3.63) is 0 Å². The molecule has 5 atom stereocenters. The van der Waals surface area contributed by atoms with Gasteiger partial charge < -0.3 is 14.6 Å². The van der Waals surface area contributed by atoms with E-state index in [1.165, 1.54) is 32.1 Å². The molecule has 0 aromatic heterocycles. The Balaban J connectivity index is 2.21. The van der Waals surface area contributed by atoms with Crippen LogP contribution in [0.4, 0.5) is 0 Å². The molecule has 200 valence electrons. The number of Topliss-reactive ketones (excluding diaryl/α,β-unsaturated/α-hetero) is 1. The molecule has 2 N–H and O–H groups in total. The molecule has 0 amide bonds. The number of carbonyl (C=O) groups is 1. The summed E-state index contributed by atoms with van der Waals surface area (Å²) in [5.41, 5.74) is -1.66. The van der Waals surface area contributed by atoms with Gasteiger partial charge in [-0.25, -0.2) is 0 Å². The van der Waals surface area contributed by atoms with Crippen LogP contribution in [0.3, 0.4) is 0 Å². The summed E-state index contributed by atoms with van der Waals surface area (Å²) in [6, 6.07) is 0. The van der Waals surface area contributed by atoms with Crippen molar-refractivity contribution in [3.8, 4) is 0 Å². The number of hydrogen-bond acceptors (Lipinski definition) is 4. The smallest absolute Gasteiger partial charge is 0.192 e. The summed E-state index contributed by atoms with van der Waals surface area (Å²) in [5, 5.41) is 20.7. The third-order valence-electron chi connectivity index (χ3n) is 9.74. The largest absolute Gasteiger partial charge is 0.414 e. The van der Waals surface area contributed by atoms with Crippen LogP contribution in [0.25, 0.3) is 0 Å². The van der Waals surface area contributed by atoms with E-state index in [-0.39, 0.29) is 16.2 Å². The fourth-order valence-corrected chi connectivity index (χ4v) is 7.99. The molecule has 0 aliphatic heterocycles. The van der Waals surface area contributed by atoms with Gasteiger partial charge in [-0.1, -0.05) is 47.0 Å². The van der Waals surface area contributed by atoms with E-state index in [2.05, 4.69) is 40.8 Å². The van der Waals surface area contributed by atoms with Crippen LogP contribution in [0.2, 0.25) is 18.1 Å². The lowest BCUT2D eigenvalue weighted by molar-refractivity contribution is -0.134. The minimum absolute atomic E-state index is 0.0533. The van der Waals surface area contributed by atoms with Crippen molar-refractivity contribution in [2.45, 2.75) is 155 Å². The first-order valence-electron chi connectivity index (χ1n) is 13.9. The minimum atomic E-state index is -1.83. The van der Waals surface area contributed by atoms with Gasteiger partial charge in [0.15, 0.2) is 14.1 Å². The van der Waals surface area contributed by atoms with Crippen LogP contribution < -0.4 is 0 Å². The fraction of sp³-hybridized carbons (Fsp3) is 0.966. The second-order valence-corrected chi connectivity index (χ2v) is 19.3. The van der Waals surface area contributed by atoms with Crippen molar-refractivity contribution in [2.24, 2.45) is 23.2 Å². The van der Waals surface area contributed by atoms with E-state index in [0.29, 0.717) is 30.3 Å². The first-order valence-corrected chi connectivity index (χ1v) is 16.8. The highest BCUT2D eigenvalue weighted by Crippen LogP contribution is 2.60. The standard InChI is InChI=1S/C29H56O4Si/c1-26(2,3)34(9,10)33-24-14-12-20-29(8)22(16-17-23(24)29)21(13-11-19-27(4,5)31)15-18-25(30)28(6,7)32/h21-24,31-32H,11-20H2,1-10H3/t21-,22?,23?,24-,29+/m0/s1. The summed E-state index contributed by atoms with van der Waals surface area (Å²) in [7, 11) is -1.83. The Labute approximate surface area is 211 Å². The van der Waals surface area contributed by atoms with E-state index in [9.17, 15) is 15.0 Å². The van der Waals surface area contributed by atoms with E-state index >= 15 is 0 Å². The average Bonchev–Trinajstić information content (AvgIpc) is 2.99. The number of hydrogen-bond donors (Lipinski definition) is 2. The van der Waals surface area contributed by atoms with Crippen molar-refractivity contribution < 1.29 is 19.4 Å². The van der Waals surface area contributed by atoms with Crippen molar-refractivity contribution in [2.75, 3.05) is 0 Å².